The number of nitriles is 1. The zero-order valence-corrected chi connectivity index (χ0v) is 20.7. The summed E-state index contributed by atoms with van der Waals surface area (Å²) in [5, 5.41) is 10.1. The van der Waals surface area contributed by atoms with Gasteiger partial charge >= 0.3 is 17.9 Å². The minimum absolute atomic E-state index is 0.00489. The van der Waals surface area contributed by atoms with Crippen molar-refractivity contribution < 1.29 is 28.6 Å². The number of carbonyl (C=O) groups excluding carboxylic acids is 3. The van der Waals surface area contributed by atoms with Crippen molar-refractivity contribution in [1.82, 2.24) is 0 Å². The quantitative estimate of drug-likeness (QED) is 0.326. The van der Waals surface area contributed by atoms with Crippen LogP contribution < -0.4 is 10.6 Å². The molecule has 174 valence electrons. The Labute approximate surface area is 209 Å². The van der Waals surface area contributed by atoms with Crippen LogP contribution in [0.2, 0.25) is 0 Å². The fraction of sp³-hybridized carbons (Fsp3) is 0.167. The van der Waals surface area contributed by atoms with Gasteiger partial charge in [-0.2, -0.15) is 5.26 Å². The predicted octanol–water partition coefficient (Wildman–Crippen LogP) is 2.98. The van der Waals surface area contributed by atoms with Crippen molar-refractivity contribution in [3.63, 3.8) is 0 Å². The third-order valence-electron chi connectivity index (χ3n) is 5.23. The molecule has 3 rings (SSSR count). The standard InChI is InChI=1S/C24H20IN3O6/c1-32-22(29)14-10-7-11-16(25)19(14)28-20(24(31)34-3)18(23(30)33-2)17(15(12-26)21(28)27)13-8-5-4-6-9-13/h4-11,17H,27H2,1-3H3. The van der Waals surface area contributed by atoms with Crippen LogP contribution in [0.1, 0.15) is 21.8 Å². The third kappa shape index (κ3) is 4.22. The molecule has 2 N–H and O–H groups in total. The zero-order valence-electron chi connectivity index (χ0n) is 18.5. The van der Waals surface area contributed by atoms with E-state index in [1.165, 1.54) is 18.1 Å². The van der Waals surface area contributed by atoms with E-state index in [1.807, 2.05) is 22.6 Å². The van der Waals surface area contributed by atoms with E-state index in [2.05, 4.69) is 6.07 Å². The number of methoxy groups -OCH3 is 3. The Kier molecular flexibility index (Phi) is 7.57. The highest BCUT2D eigenvalue weighted by atomic mass is 127. The van der Waals surface area contributed by atoms with Gasteiger partial charge in [-0.05, 0) is 40.3 Å². The average molecular weight is 573 g/mol. The lowest BCUT2D eigenvalue weighted by molar-refractivity contribution is -0.139. The first-order valence-electron chi connectivity index (χ1n) is 9.84. The summed E-state index contributed by atoms with van der Waals surface area (Å²) < 4.78 is 15.4. The first-order valence-corrected chi connectivity index (χ1v) is 10.9. The highest BCUT2D eigenvalue weighted by Crippen LogP contribution is 2.45. The van der Waals surface area contributed by atoms with Gasteiger partial charge < -0.3 is 19.9 Å². The maximum absolute atomic E-state index is 13.2. The van der Waals surface area contributed by atoms with Gasteiger partial charge in [0.2, 0.25) is 0 Å². The molecular formula is C24H20IN3O6. The Morgan fingerprint density at radius 1 is 0.941 bits per heavy atom. The molecule has 1 heterocycles. The summed E-state index contributed by atoms with van der Waals surface area (Å²) in [4.78, 5) is 40.0. The summed E-state index contributed by atoms with van der Waals surface area (Å²) in [5.41, 5.74) is 6.84. The number of esters is 3. The number of anilines is 1. The Morgan fingerprint density at radius 3 is 2.12 bits per heavy atom. The molecule has 0 radical (unpaired) electrons. The molecule has 10 heteroatoms. The maximum atomic E-state index is 13.2. The summed E-state index contributed by atoms with van der Waals surface area (Å²) in [5.74, 6) is -3.61. The molecule has 2 aromatic carbocycles. The highest BCUT2D eigenvalue weighted by Gasteiger charge is 2.44. The monoisotopic (exact) mass is 573 g/mol. The van der Waals surface area contributed by atoms with Crippen LogP contribution in [0.15, 0.2) is 71.2 Å². The van der Waals surface area contributed by atoms with Gasteiger partial charge in [-0.25, -0.2) is 14.4 Å². The van der Waals surface area contributed by atoms with Crippen molar-refractivity contribution in [2.45, 2.75) is 5.92 Å². The van der Waals surface area contributed by atoms with E-state index in [-0.39, 0.29) is 33.9 Å². The lowest BCUT2D eigenvalue weighted by atomic mass is 9.80. The lowest BCUT2D eigenvalue weighted by Gasteiger charge is -2.36. The van der Waals surface area contributed by atoms with Crippen LogP contribution in [-0.4, -0.2) is 39.2 Å². The molecule has 1 aliphatic rings. The molecule has 0 saturated heterocycles. The number of para-hydroxylation sites is 1. The minimum atomic E-state index is -1.01. The van der Waals surface area contributed by atoms with Crippen LogP contribution in [0.3, 0.4) is 0 Å². The van der Waals surface area contributed by atoms with E-state index in [9.17, 15) is 19.6 Å². The van der Waals surface area contributed by atoms with Crippen molar-refractivity contribution in [2.75, 3.05) is 26.2 Å². The van der Waals surface area contributed by atoms with Gasteiger partial charge in [0.15, 0.2) is 0 Å². The molecule has 2 aromatic rings. The SMILES string of the molecule is COC(=O)C1=C(C(=O)OC)N(c2c(I)cccc2C(=O)OC)C(N)=C(C#N)C1c1ccccc1. The van der Waals surface area contributed by atoms with Crippen LogP contribution in [0.25, 0.3) is 0 Å². The lowest BCUT2D eigenvalue weighted by Crippen LogP contribution is -2.41. The molecule has 0 amide bonds. The summed E-state index contributed by atoms with van der Waals surface area (Å²) in [6, 6.07) is 15.5. The Balaban J connectivity index is 2.50. The van der Waals surface area contributed by atoms with Gasteiger partial charge in [0, 0.05) is 3.57 Å². The number of allylic oxidation sites excluding steroid dienone is 1. The number of rotatable bonds is 5. The third-order valence-corrected chi connectivity index (χ3v) is 6.10. The largest absolute Gasteiger partial charge is 0.466 e. The molecule has 0 spiro atoms. The average Bonchev–Trinajstić information content (AvgIpc) is 2.87. The van der Waals surface area contributed by atoms with Gasteiger partial charge in [0.05, 0.1) is 55.7 Å². The molecule has 0 fully saturated rings. The molecular weight excluding hydrogens is 553 g/mol. The fourth-order valence-electron chi connectivity index (χ4n) is 3.76. The van der Waals surface area contributed by atoms with E-state index in [0.29, 0.717) is 9.13 Å². The van der Waals surface area contributed by atoms with Crippen LogP contribution in [0.4, 0.5) is 5.69 Å². The highest BCUT2D eigenvalue weighted by molar-refractivity contribution is 14.1. The second-order valence-corrected chi connectivity index (χ2v) is 8.13. The van der Waals surface area contributed by atoms with Crippen molar-refractivity contribution in [3.05, 3.63) is 85.9 Å². The first kappa shape index (κ1) is 24.8. The fourth-order valence-corrected chi connectivity index (χ4v) is 4.50. The van der Waals surface area contributed by atoms with Gasteiger partial charge in [-0.15, -0.1) is 0 Å². The summed E-state index contributed by atoms with van der Waals surface area (Å²) in [7, 11) is 3.53. The topological polar surface area (TPSA) is 132 Å². The van der Waals surface area contributed by atoms with Crippen molar-refractivity contribution in [3.8, 4) is 6.07 Å². The summed E-state index contributed by atoms with van der Waals surface area (Å²) in [6.07, 6.45) is 0. The molecule has 34 heavy (non-hydrogen) atoms. The Bertz CT molecular complexity index is 1260. The van der Waals surface area contributed by atoms with Crippen LogP contribution in [-0.2, 0) is 23.8 Å². The van der Waals surface area contributed by atoms with Gasteiger partial charge in [0.25, 0.3) is 0 Å². The molecule has 1 unspecified atom stereocenters. The minimum Gasteiger partial charge on any atom is -0.466 e. The van der Waals surface area contributed by atoms with Crippen LogP contribution in [0, 0.1) is 14.9 Å². The van der Waals surface area contributed by atoms with Gasteiger partial charge in [-0.1, -0.05) is 36.4 Å². The zero-order chi connectivity index (χ0) is 25.0. The number of nitrogens with zero attached hydrogens (tertiary/aromatic N) is 2. The number of carbonyl (C=O) groups is 3. The van der Waals surface area contributed by atoms with Crippen LogP contribution >= 0.6 is 22.6 Å². The van der Waals surface area contributed by atoms with E-state index < -0.39 is 23.8 Å². The Morgan fingerprint density at radius 2 is 1.56 bits per heavy atom. The number of benzene rings is 2. The Hall–Kier alpha value is -3.85. The van der Waals surface area contributed by atoms with E-state index in [4.69, 9.17) is 19.9 Å². The smallest absolute Gasteiger partial charge is 0.355 e. The number of hydrogen-bond acceptors (Lipinski definition) is 9. The number of ether oxygens (including phenoxy) is 3. The van der Waals surface area contributed by atoms with Crippen molar-refractivity contribution in [2.24, 2.45) is 5.73 Å². The molecule has 1 atom stereocenters. The molecule has 1 aliphatic heterocycles. The van der Waals surface area contributed by atoms with Gasteiger partial charge in [0.1, 0.15) is 11.5 Å². The van der Waals surface area contributed by atoms with Crippen LogP contribution in [0.5, 0.6) is 0 Å². The normalized spacial score (nSPS) is 15.5. The van der Waals surface area contributed by atoms with Crippen molar-refractivity contribution in [1.29, 1.82) is 5.26 Å². The first-order chi connectivity index (χ1) is 16.3. The molecule has 0 saturated carbocycles. The van der Waals surface area contributed by atoms with E-state index >= 15 is 0 Å². The summed E-state index contributed by atoms with van der Waals surface area (Å²) in [6.45, 7) is 0. The summed E-state index contributed by atoms with van der Waals surface area (Å²) >= 11 is 1.96. The number of halogens is 1. The second-order valence-electron chi connectivity index (χ2n) is 6.96. The molecule has 0 aromatic heterocycles. The second kappa shape index (κ2) is 10.4. The van der Waals surface area contributed by atoms with Gasteiger partial charge in [-0.3, -0.25) is 4.90 Å². The maximum Gasteiger partial charge on any atom is 0.355 e. The molecule has 9 nitrogen and oxygen atoms in total. The van der Waals surface area contributed by atoms with Crippen molar-refractivity contribution >= 4 is 46.2 Å². The number of nitrogens with two attached hydrogens (primary N) is 1. The predicted molar refractivity (Wildman–Crippen MR) is 130 cm³/mol. The molecule has 0 aliphatic carbocycles. The van der Waals surface area contributed by atoms with E-state index in [1.54, 1.807) is 42.5 Å². The number of hydrogen-bond donors (Lipinski definition) is 1. The molecule has 0 bridgehead atoms. The van der Waals surface area contributed by atoms with E-state index in [0.717, 1.165) is 14.2 Å².